The van der Waals surface area contributed by atoms with Crippen molar-refractivity contribution in [3.05, 3.63) is 227 Å². The largest absolute Gasteiger partial charge is 1.00 e. The van der Waals surface area contributed by atoms with Gasteiger partial charge in [-0.2, -0.15) is 35.7 Å². The maximum absolute atomic E-state index is 11.6. The van der Waals surface area contributed by atoms with E-state index in [1.54, 1.807) is 78.1 Å². The molecule has 14 atom stereocenters. The molecule has 0 aromatic carbocycles. The minimum atomic E-state index is -0.568. The Balaban J connectivity index is 0.000000228. The number of nitrogens with one attached hydrogen (secondary N) is 6. The number of nitrogens with two attached hydrogens (primary N) is 7. The van der Waals surface area contributed by atoms with Crippen molar-refractivity contribution in [3.8, 4) is 5.75 Å². The molecule has 14 aromatic rings. The first-order valence-corrected chi connectivity index (χ1v) is 51.1. The molecule has 14 unspecified atom stereocenters. The van der Waals surface area contributed by atoms with E-state index in [1.165, 1.54) is 173 Å². The summed E-state index contributed by atoms with van der Waals surface area (Å²) < 4.78 is 17.3. The number of nitrogens with zero attached hydrogens (tertiary/aromatic N) is 17. The zero-order valence-corrected chi connectivity index (χ0v) is 90.1. The Morgan fingerprint density at radius 2 is 0.651 bits per heavy atom. The van der Waals surface area contributed by atoms with Crippen molar-refractivity contribution in [2.75, 3.05) is 26.6 Å². The van der Waals surface area contributed by atoms with Gasteiger partial charge in [0, 0.05) is 85.7 Å². The van der Waals surface area contributed by atoms with Crippen LogP contribution in [0, 0.1) is 60.0 Å². The molecule has 149 heavy (non-hydrogen) atoms. The van der Waals surface area contributed by atoms with Gasteiger partial charge in [-0.25, -0.2) is 47.2 Å². The van der Waals surface area contributed by atoms with Gasteiger partial charge in [-0.3, -0.25) is 30.3 Å². The molecule has 21 rings (SSSR count). The molecule has 0 aliphatic heterocycles. The fourth-order valence-electron chi connectivity index (χ4n) is 20.0. The predicted molar refractivity (Wildman–Crippen MR) is 584 cm³/mol. The summed E-state index contributed by atoms with van der Waals surface area (Å²) in [6.07, 6.45) is 59.4. The van der Waals surface area contributed by atoms with Gasteiger partial charge >= 0.3 is 29.6 Å². The molecule has 7 fully saturated rings. The number of carbonyl (C=O) groups excluding carboxylic acids is 3. The van der Waals surface area contributed by atoms with Gasteiger partial charge < -0.3 is 93.2 Å². The summed E-state index contributed by atoms with van der Waals surface area (Å²) in [5.41, 5.74) is 47.3. The molecule has 7 aliphatic carbocycles. The van der Waals surface area contributed by atoms with Gasteiger partial charge in [0.2, 0.25) is 11.4 Å². The number of hydrogen-bond acceptors (Lipinski definition) is 27. The number of ether oxygens (including phenoxy) is 1. The van der Waals surface area contributed by atoms with Crippen LogP contribution in [-0.2, 0) is 4.79 Å². The molecule has 7 saturated carbocycles. The van der Waals surface area contributed by atoms with Crippen LogP contribution in [-0.4, -0.2) is 171 Å². The van der Waals surface area contributed by atoms with E-state index in [-0.39, 0.29) is 63.9 Å². The Morgan fingerprint density at radius 3 is 0.966 bits per heavy atom. The Hall–Kier alpha value is -12.8. The molecule has 41 nitrogen and oxygen atoms in total. The Kier molecular flexibility index (Phi) is 51.2. The summed E-state index contributed by atoms with van der Waals surface area (Å²) in [5.74, 6) is 7.84. The summed E-state index contributed by atoms with van der Waals surface area (Å²) in [6.45, 7) is 30.5. The molecule has 0 saturated heterocycles. The molecule has 14 aromatic heterocycles. The summed E-state index contributed by atoms with van der Waals surface area (Å²) in [6, 6.07) is 30.0. The number of rotatable bonds is 16. The molecule has 0 bridgehead atoms. The average Bonchev–Trinajstić information content (AvgIpc) is 1.71. The maximum Gasteiger partial charge on any atom is 1.00 e. The quantitative estimate of drug-likeness (QED) is 0.00624. The van der Waals surface area contributed by atoms with Crippen LogP contribution in [0.2, 0.25) is 10.0 Å². The molecular formula is C105H150Cl2N31NaO10. The molecule has 0 spiro atoms. The monoisotopic (exact) mass is 2100 g/mol. The summed E-state index contributed by atoms with van der Waals surface area (Å²) in [4.78, 5) is 40.0. The molecule has 0 radical (unpaired) electrons. The summed E-state index contributed by atoms with van der Waals surface area (Å²) >= 11 is 11.8. The number of oxime groups is 1. The summed E-state index contributed by atoms with van der Waals surface area (Å²) in [5, 5.41) is 86.4. The second-order valence-electron chi connectivity index (χ2n) is 38.6. The molecule has 14 heterocycles. The Labute approximate surface area is 901 Å². The number of carbonyl (C=O) groups is 3. The third-order valence-electron chi connectivity index (χ3n) is 28.9. The van der Waals surface area contributed by atoms with E-state index in [1.807, 2.05) is 113 Å². The molecule has 7 aliphatic rings. The number of nitrogen functional groups attached to an aromatic ring is 1. The SMILES string of the molecule is CC1CCCCC1N.CC1CCCCC1N.CC1CCCCC1Nc1c(C(=N)N)cnn2cccc12.CC1CCCCC1Nc1c(C(N)=NO)cnn2cccc12.CC1CCCCC1Nc1c(C(N)=O)cnn2cccc12.CC1CCCCC1Nc1c(OC=O)cnn2cccc12.N.NC(=O)c1cnn2cccc2c1Cl.NO.O.OO.[C-]#[N+]c1cnn2cccc2c1Cl.[C-]#[N+]c1cnn2cccc2c1NC1CCCCC1C.[Na+].[OH-]. The van der Waals surface area contributed by atoms with Gasteiger partial charge in [0.05, 0.1) is 150 Å². The minimum absolute atomic E-state index is 0. The number of halogens is 2. The second-order valence-corrected chi connectivity index (χ2v) is 39.4. The van der Waals surface area contributed by atoms with E-state index in [0.717, 1.165) is 92.6 Å². The summed E-state index contributed by atoms with van der Waals surface area (Å²) in [7, 11) is 0. The number of amidine groups is 2. The number of primary amides is 2. The van der Waals surface area contributed by atoms with Gasteiger partial charge in [-0.15, -0.1) is 0 Å². The van der Waals surface area contributed by atoms with Crippen LogP contribution in [0.4, 0.5) is 39.8 Å². The molecule has 800 valence electrons. The van der Waals surface area contributed by atoms with Crippen molar-refractivity contribution < 1.29 is 80.6 Å². The number of fused-ring (bicyclic) bond motifs is 7. The van der Waals surface area contributed by atoms with E-state index < -0.39 is 11.8 Å². The number of anilines is 5. The van der Waals surface area contributed by atoms with Crippen molar-refractivity contribution in [1.82, 2.24) is 73.4 Å². The number of aromatic nitrogens is 14. The Bertz CT molecular complexity index is 6480. The van der Waals surface area contributed by atoms with Crippen molar-refractivity contribution in [1.29, 1.82) is 5.41 Å². The van der Waals surface area contributed by atoms with Crippen molar-refractivity contribution in [2.24, 2.45) is 86.9 Å². The predicted octanol–water partition coefficient (Wildman–Crippen LogP) is 16.4. The van der Waals surface area contributed by atoms with Gasteiger partial charge in [0.25, 0.3) is 18.3 Å². The first-order chi connectivity index (χ1) is 70.2. The third-order valence-corrected chi connectivity index (χ3v) is 29.7. The normalized spacial score (nSPS) is 21.5. The van der Waals surface area contributed by atoms with Crippen LogP contribution in [0.25, 0.3) is 48.3 Å². The standard InChI is InChI=1S/C15H21N5O.C15H21N5.C15H20N4O.C15H18N4.C15H19N3O2.C8H6ClN3O.C8H4ClN3.2C7H15N.H3NO.H3N.Na.H2O2.2H2O/c1-10-5-2-3-6-12(10)18-14-11(15(16)19-21)9-17-20-8-4-7-13(14)20;1-10-5-2-3-6-12(10)19-14-11(15(16)17)9-18-20-8-4-7-13(14)20;1-10-5-2-3-6-12(10)18-14-11(15(16)20)9-17-19-8-4-7-13(14)19;1-11-6-3-4-7-12(11)18-15-13(16-2)10-17-19-9-5-8-14(15)19;1-11-5-2-3-6-12(11)17-15-13-7-4-8-18(13)16-9-14(15)20-10-19;9-7-5(8(10)13)4-11-12-3-1-2-6(7)12;1-10-6-5-11-12-4-2-3-7(12)8(6)9;2*1-6-4-2-3-5-7(6)8;1-2;;;1-2;;/h4,7-10,12,18,21H,2-3,5-6H2,1H3,(H2,16,19);4,7-10,12,19H,2-3,5-6H2,1H3,(H3,16,17);4,7-10,12,18H,2-3,5-6H2,1H3,(H2,16,20);5,8-12,18H,3-4,6-7H2,1H3;4,7-12,17H,2-3,5-6H2,1H3;1-4H,(H2,10,13);2-5H;2*6-7H,2-5,8H2,1H3;2H,1H2;1H3;;1-2H;2*1H2/q;;;;;;;;;;;+1;;;/p-1. The van der Waals surface area contributed by atoms with Crippen molar-refractivity contribution in [2.45, 2.75) is 271 Å². The second kappa shape index (κ2) is 62.0. The van der Waals surface area contributed by atoms with Crippen LogP contribution in [0.3, 0.4) is 0 Å². The average molecular weight is 2100 g/mol. The first kappa shape index (κ1) is 123. The minimum Gasteiger partial charge on any atom is -0.870 e. The molecule has 44 heteroatoms. The number of hydrogen-bond donors (Lipinski definition) is 18. The fourth-order valence-corrected chi connectivity index (χ4v) is 20.5. The van der Waals surface area contributed by atoms with Crippen molar-refractivity contribution >= 4 is 132 Å². The van der Waals surface area contributed by atoms with Crippen molar-refractivity contribution in [3.63, 3.8) is 0 Å². The van der Waals surface area contributed by atoms with E-state index in [4.69, 9.17) is 102 Å². The fraction of sp³-hybridized carbons (Fsp3) is 0.467. The maximum atomic E-state index is 11.6. The third kappa shape index (κ3) is 32.8. The van der Waals surface area contributed by atoms with E-state index in [9.17, 15) is 14.4 Å². The van der Waals surface area contributed by atoms with Gasteiger partial charge in [0.15, 0.2) is 11.6 Å². The van der Waals surface area contributed by atoms with E-state index in [0.29, 0.717) is 128 Å². The smallest absolute Gasteiger partial charge is 0.870 e. The topological polar surface area (TPSA) is 646 Å². The van der Waals surface area contributed by atoms with E-state index in [2.05, 4.69) is 131 Å². The van der Waals surface area contributed by atoms with Crippen LogP contribution in [0.5, 0.6) is 5.75 Å². The molecule has 2 amide bonds. The first-order valence-electron chi connectivity index (χ1n) is 50.4. The van der Waals surface area contributed by atoms with E-state index >= 15 is 0 Å². The van der Waals surface area contributed by atoms with Gasteiger partial charge in [-0.05, 0) is 216 Å². The molecule has 30 N–H and O–H groups in total. The van der Waals surface area contributed by atoms with Crippen LogP contribution >= 0.6 is 23.2 Å². The zero-order chi connectivity index (χ0) is 104. The number of amides is 2. The van der Waals surface area contributed by atoms with Gasteiger partial charge in [0.1, 0.15) is 11.5 Å². The molecular weight excluding hydrogens is 1950 g/mol. The van der Waals surface area contributed by atoms with Crippen LogP contribution in [0.1, 0.15) is 260 Å². The van der Waals surface area contributed by atoms with Crippen LogP contribution < -0.4 is 107 Å². The zero-order valence-electron chi connectivity index (χ0n) is 86.6. The Morgan fingerprint density at radius 1 is 0.396 bits per heavy atom. The van der Waals surface area contributed by atoms with Gasteiger partial charge in [-0.1, -0.05) is 167 Å². The van der Waals surface area contributed by atoms with Crippen LogP contribution in [0.15, 0.2) is 177 Å².